The fraction of sp³-hybridized carbons (Fsp3) is 0.778. The van der Waals surface area contributed by atoms with Gasteiger partial charge in [0, 0.05) is 12.8 Å². The zero-order valence-electron chi connectivity index (χ0n) is 9.73. The molecule has 0 aliphatic rings. The summed E-state index contributed by atoms with van der Waals surface area (Å²) in [5.74, 6) is 0. The molecular weight excluding hydrogens is 220 g/mol. The standard InChI is InChI=1S/C3H8O3S.2C3H6O/c1-3-6-7(2,4)5;2*1-2-3-4/h3H2,1-2H3;2*3H,2H2,1H3. The van der Waals surface area contributed by atoms with E-state index < -0.39 is 10.1 Å². The maximum Gasteiger partial charge on any atom is 0.264 e. The van der Waals surface area contributed by atoms with E-state index in [9.17, 15) is 18.0 Å². The second-order valence-electron chi connectivity index (χ2n) is 2.26. The summed E-state index contributed by atoms with van der Waals surface area (Å²) in [6, 6.07) is 0. The third kappa shape index (κ3) is 60.8. The van der Waals surface area contributed by atoms with Crippen LogP contribution < -0.4 is 0 Å². The van der Waals surface area contributed by atoms with Crippen LogP contribution in [0, 0.1) is 0 Å². The monoisotopic (exact) mass is 240 g/mol. The number of carbonyl (C=O) groups is 2. The lowest BCUT2D eigenvalue weighted by Crippen LogP contribution is -2.00. The Morgan fingerprint density at radius 2 is 1.27 bits per heavy atom. The highest BCUT2D eigenvalue weighted by atomic mass is 32.2. The zero-order chi connectivity index (χ0) is 12.7. The topological polar surface area (TPSA) is 77.5 Å². The molecule has 0 radical (unpaired) electrons. The summed E-state index contributed by atoms with van der Waals surface area (Å²) in [6.07, 6.45) is 4.05. The van der Waals surface area contributed by atoms with E-state index in [0.717, 1.165) is 18.8 Å². The van der Waals surface area contributed by atoms with Gasteiger partial charge < -0.3 is 9.59 Å². The Kier molecular flexibility index (Phi) is 20.7. The van der Waals surface area contributed by atoms with Gasteiger partial charge in [-0.25, -0.2) is 0 Å². The van der Waals surface area contributed by atoms with Gasteiger partial charge in [-0.15, -0.1) is 0 Å². The molecular formula is C9H20O5S. The van der Waals surface area contributed by atoms with Crippen molar-refractivity contribution in [2.75, 3.05) is 12.9 Å². The van der Waals surface area contributed by atoms with Gasteiger partial charge in [0.05, 0.1) is 12.9 Å². The van der Waals surface area contributed by atoms with Gasteiger partial charge in [-0.3, -0.25) is 4.18 Å². The van der Waals surface area contributed by atoms with Crippen LogP contribution in [-0.4, -0.2) is 33.9 Å². The molecule has 0 spiro atoms. The van der Waals surface area contributed by atoms with E-state index >= 15 is 0 Å². The Morgan fingerprint density at radius 3 is 1.27 bits per heavy atom. The Labute approximate surface area is 91.9 Å². The molecule has 0 aliphatic heterocycles. The summed E-state index contributed by atoms with van der Waals surface area (Å²) in [4.78, 5) is 18.3. The third-order valence-corrected chi connectivity index (χ3v) is 1.33. The highest BCUT2D eigenvalue weighted by Crippen LogP contribution is 1.81. The number of rotatable bonds is 4. The third-order valence-electron chi connectivity index (χ3n) is 0.665. The van der Waals surface area contributed by atoms with Gasteiger partial charge in [-0.2, -0.15) is 8.42 Å². The molecule has 0 heterocycles. The first-order valence-corrected chi connectivity index (χ1v) is 6.42. The summed E-state index contributed by atoms with van der Waals surface area (Å²) in [5, 5.41) is 0. The first-order valence-electron chi connectivity index (χ1n) is 4.61. The smallest absolute Gasteiger partial charge is 0.264 e. The van der Waals surface area contributed by atoms with Crippen molar-refractivity contribution in [3.63, 3.8) is 0 Å². The quantitative estimate of drug-likeness (QED) is 0.544. The first-order chi connectivity index (χ1) is 6.89. The summed E-state index contributed by atoms with van der Waals surface area (Å²) in [5.41, 5.74) is 0. The molecule has 5 nitrogen and oxygen atoms in total. The highest BCUT2D eigenvalue weighted by Gasteiger charge is 1.94. The van der Waals surface area contributed by atoms with Crippen LogP contribution in [0.3, 0.4) is 0 Å². The van der Waals surface area contributed by atoms with Gasteiger partial charge in [0.2, 0.25) is 0 Å². The van der Waals surface area contributed by atoms with Gasteiger partial charge in [0.25, 0.3) is 10.1 Å². The van der Waals surface area contributed by atoms with E-state index in [0.29, 0.717) is 12.8 Å². The summed E-state index contributed by atoms with van der Waals surface area (Å²) in [6.45, 7) is 5.47. The molecule has 0 saturated heterocycles. The Morgan fingerprint density at radius 1 is 1.00 bits per heavy atom. The molecule has 0 unspecified atom stereocenters. The molecule has 0 atom stereocenters. The van der Waals surface area contributed by atoms with Crippen LogP contribution in [0.4, 0.5) is 0 Å². The minimum Gasteiger partial charge on any atom is -0.303 e. The number of aldehydes is 2. The van der Waals surface area contributed by atoms with Crippen molar-refractivity contribution < 1.29 is 22.2 Å². The molecule has 0 aromatic carbocycles. The normalized spacial score (nSPS) is 8.80. The van der Waals surface area contributed by atoms with Gasteiger partial charge in [-0.05, 0) is 6.92 Å². The van der Waals surface area contributed by atoms with E-state index in [2.05, 4.69) is 4.18 Å². The molecule has 0 saturated carbocycles. The molecule has 0 bridgehead atoms. The molecule has 0 fully saturated rings. The second-order valence-corrected chi connectivity index (χ2v) is 3.90. The predicted molar refractivity (Wildman–Crippen MR) is 59.2 cm³/mol. The molecule has 0 amide bonds. The van der Waals surface area contributed by atoms with Crippen LogP contribution >= 0.6 is 0 Å². The maximum atomic E-state index is 10.0. The van der Waals surface area contributed by atoms with Crippen LogP contribution in [0.15, 0.2) is 0 Å². The van der Waals surface area contributed by atoms with Gasteiger partial charge in [0.1, 0.15) is 12.6 Å². The minimum atomic E-state index is -3.17. The fourth-order valence-electron chi connectivity index (χ4n) is 0.214. The van der Waals surface area contributed by atoms with E-state index in [-0.39, 0.29) is 6.61 Å². The lowest BCUT2D eigenvalue weighted by molar-refractivity contribution is -0.108. The SMILES string of the molecule is CCC=O.CCC=O.CCOS(C)(=O)=O. The zero-order valence-corrected chi connectivity index (χ0v) is 10.5. The van der Waals surface area contributed by atoms with Crippen molar-refractivity contribution >= 4 is 22.7 Å². The van der Waals surface area contributed by atoms with Crippen LogP contribution in [0.25, 0.3) is 0 Å². The van der Waals surface area contributed by atoms with Gasteiger partial charge in [0.15, 0.2) is 0 Å². The summed E-state index contributed by atoms with van der Waals surface area (Å²) in [7, 11) is -3.17. The van der Waals surface area contributed by atoms with Gasteiger partial charge in [-0.1, -0.05) is 13.8 Å². The van der Waals surface area contributed by atoms with Crippen LogP contribution in [-0.2, 0) is 23.9 Å². The fourth-order valence-corrected chi connectivity index (χ4v) is 0.642. The Bertz CT molecular complexity index is 213. The molecule has 0 N–H and O–H groups in total. The molecule has 92 valence electrons. The number of hydrogen-bond donors (Lipinski definition) is 0. The lowest BCUT2D eigenvalue weighted by atomic mass is 10.6. The van der Waals surface area contributed by atoms with Crippen LogP contribution in [0.2, 0.25) is 0 Å². The highest BCUT2D eigenvalue weighted by molar-refractivity contribution is 7.85. The van der Waals surface area contributed by atoms with Crippen LogP contribution in [0.1, 0.15) is 33.6 Å². The summed E-state index contributed by atoms with van der Waals surface area (Å²) >= 11 is 0. The molecule has 0 aliphatic carbocycles. The second kappa shape index (κ2) is 15.7. The van der Waals surface area contributed by atoms with Gasteiger partial charge >= 0.3 is 0 Å². The Hall–Kier alpha value is -0.750. The van der Waals surface area contributed by atoms with Crippen molar-refractivity contribution in [2.45, 2.75) is 33.6 Å². The lowest BCUT2D eigenvalue weighted by Gasteiger charge is -1.90. The number of hydrogen-bond acceptors (Lipinski definition) is 5. The van der Waals surface area contributed by atoms with Crippen molar-refractivity contribution in [3.8, 4) is 0 Å². The molecule has 0 aromatic heterocycles. The number of carbonyl (C=O) groups excluding carboxylic acids is 2. The van der Waals surface area contributed by atoms with E-state index in [1.54, 1.807) is 6.92 Å². The minimum absolute atomic E-state index is 0.221. The van der Waals surface area contributed by atoms with E-state index in [4.69, 9.17) is 0 Å². The van der Waals surface area contributed by atoms with Crippen LogP contribution in [0.5, 0.6) is 0 Å². The summed E-state index contributed by atoms with van der Waals surface area (Å²) < 4.78 is 24.2. The van der Waals surface area contributed by atoms with Crippen molar-refractivity contribution in [3.05, 3.63) is 0 Å². The van der Waals surface area contributed by atoms with Crippen molar-refractivity contribution in [2.24, 2.45) is 0 Å². The maximum absolute atomic E-state index is 10.0. The van der Waals surface area contributed by atoms with E-state index in [1.807, 2.05) is 13.8 Å². The molecule has 0 rings (SSSR count). The average Bonchev–Trinajstić information content (AvgIpc) is 2.17. The van der Waals surface area contributed by atoms with Crippen molar-refractivity contribution in [1.29, 1.82) is 0 Å². The molecule has 15 heavy (non-hydrogen) atoms. The first kappa shape index (κ1) is 19.8. The largest absolute Gasteiger partial charge is 0.303 e. The van der Waals surface area contributed by atoms with E-state index in [1.165, 1.54) is 0 Å². The predicted octanol–water partition coefficient (Wildman–Crippen LogP) is 1.17. The average molecular weight is 240 g/mol. The molecule has 6 heteroatoms. The van der Waals surface area contributed by atoms with Crippen molar-refractivity contribution in [1.82, 2.24) is 0 Å². The Balaban J connectivity index is -0.000000155. The molecule has 0 aromatic rings.